The Labute approximate surface area is 117 Å². The summed E-state index contributed by atoms with van der Waals surface area (Å²) in [6.07, 6.45) is 0.983. The number of aryl methyl sites for hydroxylation is 1. The van der Waals surface area contributed by atoms with Gasteiger partial charge in [-0.3, -0.25) is 9.89 Å². The molecule has 20 heavy (non-hydrogen) atoms. The second-order valence-electron chi connectivity index (χ2n) is 5.14. The van der Waals surface area contributed by atoms with Crippen molar-refractivity contribution >= 4 is 5.91 Å². The molecule has 1 amide bonds. The summed E-state index contributed by atoms with van der Waals surface area (Å²) >= 11 is 0. The first kappa shape index (κ1) is 12.9. The number of carbonyl (C=O) groups is 1. The van der Waals surface area contributed by atoms with Crippen molar-refractivity contribution in [3.63, 3.8) is 0 Å². The number of aromatic amines is 1. The average Bonchev–Trinajstić information content (AvgIpc) is 3.17. The monoisotopic (exact) mass is 274 g/mol. The molecule has 1 fully saturated rings. The lowest BCUT2D eigenvalue weighted by Gasteiger charge is -2.22. The Balaban J connectivity index is 1.77. The Bertz CT molecular complexity index is 610. The SMILES string of the molecule is Cc1ccc(-c2cc(C(=O)N(C)C3CCNC3)n[nH]2)o1. The number of amides is 1. The van der Waals surface area contributed by atoms with E-state index >= 15 is 0 Å². The zero-order valence-electron chi connectivity index (χ0n) is 11.6. The molecule has 1 aliphatic heterocycles. The molecule has 1 atom stereocenters. The number of rotatable bonds is 3. The van der Waals surface area contributed by atoms with E-state index in [0.29, 0.717) is 11.5 Å². The number of carbonyl (C=O) groups excluding carboxylic acids is 1. The van der Waals surface area contributed by atoms with E-state index in [-0.39, 0.29) is 11.9 Å². The van der Waals surface area contributed by atoms with Crippen LogP contribution in [0.5, 0.6) is 0 Å². The number of furan rings is 1. The van der Waals surface area contributed by atoms with Crippen LogP contribution in [0.25, 0.3) is 11.5 Å². The van der Waals surface area contributed by atoms with Gasteiger partial charge in [-0.2, -0.15) is 5.10 Å². The molecule has 1 saturated heterocycles. The largest absolute Gasteiger partial charge is 0.460 e. The third-order valence-corrected chi connectivity index (χ3v) is 3.71. The maximum Gasteiger partial charge on any atom is 0.274 e. The molecule has 1 unspecified atom stereocenters. The van der Waals surface area contributed by atoms with Crippen molar-refractivity contribution in [1.82, 2.24) is 20.4 Å². The first-order valence-electron chi connectivity index (χ1n) is 6.75. The molecule has 2 aromatic rings. The summed E-state index contributed by atoms with van der Waals surface area (Å²) in [5.74, 6) is 1.46. The predicted molar refractivity (Wildman–Crippen MR) is 74.4 cm³/mol. The highest BCUT2D eigenvalue weighted by atomic mass is 16.3. The normalized spacial score (nSPS) is 18.4. The van der Waals surface area contributed by atoms with E-state index in [9.17, 15) is 4.79 Å². The van der Waals surface area contributed by atoms with Crippen molar-refractivity contribution in [1.29, 1.82) is 0 Å². The highest BCUT2D eigenvalue weighted by Crippen LogP contribution is 2.21. The maximum absolute atomic E-state index is 12.4. The van der Waals surface area contributed by atoms with Crippen LogP contribution in [0.2, 0.25) is 0 Å². The third-order valence-electron chi connectivity index (χ3n) is 3.71. The van der Waals surface area contributed by atoms with Crippen molar-refractivity contribution in [2.75, 3.05) is 20.1 Å². The minimum Gasteiger partial charge on any atom is -0.460 e. The Morgan fingerprint density at radius 3 is 3.00 bits per heavy atom. The fraction of sp³-hybridized carbons (Fsp3) is 0.429. The summed E-state index contributed by atoms with van der Waals surface area (Å²) < 4.78 is 5.52. The summed E-state index contributed by atoms with van der Waals surface area (Å²) in [5.41, 5.74) is 1.14. The summed E-state index contributed by atoms with van der Waals surface area (Å²) in [7, 11) is 1.82. The maximum atomic E-state index is 12.4. The Hall–Kier alpha value is -2.08. The van der Waals surface area contributed by atoms with Gasteiger partial charge in [-0.05, 0) is 32.0 Å². The van der Waals surface area contributed by atoms with Gasteiger partial charge in [0.25, 0.3) is 5.91 Å². The molecule has 106 valence electrons. The lowest BCUT2D eigenvalue weighted by atomic mass is 10.2. The van der Waals surface area contributed by atoms with E-state index in [1.807, 2.05) is 26.1 Å². The van der Waals surface area contributed by atoms with E-state index < -0.39 is 0 Å². The Morgan fingerprint density at radius 2 is 2.35 bits per heavy atom. The zero-order chi connectivity index (χ0) is 14.1. The van der Waals surface area contributed by atoms with Crippen LogP contribution in [0.3, 0.4) is 0 Å². The first-order chi connectivity index (χ1) is 9.65. The number of nitrogens with zero attached hydrogens (tertiary/aromatic N) is 2. The Morgan fingerprint density at radius 1 is 1.50 bits per heavy atom. The van der Waals surface area contributed by atoms with Gasteiger partial charge >= 0.3 is 0 Å². The minimum absolute atomic E-state index is 0.0653. The molecule has 6 nitrogen and oxygen atoms in total. The van der Waals surface area contributed by atoms with Gasteiger partial charge in [-0.15, -0.1) is 0 Å². The standard InChI is InChI=1S/C14H18N4O2/c1-9-3-4-13(20-9)11-7-12(17-16-11)14(19)18(2)10-5-6-15-8-10/h3-4,7,10,15H,5-6,8H2,1-2H3,(H,16,17). The molecule has 1 aliphatic rings. The fourth-order valence-electron chi connectivity index (χ4n) is 2.45. The Kier molecular flexibility index (Phi) is 3.31. The number of aromatic nitrogens is 2. The van der Waals surface area contributed by atoms with Crippen molar-refractivity contribution in [3.05, 3.63) is 29.7 Å². The van der Waals surface area contributed by atoms with E-state index in [4.69, 9.17) is 4.42 Å². The summed E-state index contributed by atoms with van der Waals surface area (Å²) in [5, 5.41) is 10.2. The third kappa shape index (κ3) is 2.34. The first-order valence-corrected chi connectivity index (χ1v) is 6.75. The smallest absolute Gasteiger partial charge is 0.274 e. The lowest BCUT2D eigenvalue weighted by molar-refractivity contribution is 0.0738. The van der Waals surface area contributed by atoms with Crippen molar-refractivity contribution in [2.24, 2.45) is 0 Å². The molecular weight excluding hydrogens is 256 g/mol. The quantitative estimate of drug-likeness (QED) is 0.887. The predicted octanol–water partition coefficient (Wildman–Crippen LogP) is 1.41. The van der Waals surface area contributed by atoms with Crippen LogP contribution in [-0.2, 0) is 0 Å². The van der Waals surface area contributed by atoms with Crippen LogP contribution in [-0.4, -0.2) is 47.2 Å². The van der Waals surface area contributed by atoms with Gasteiger partial charge in [-0.25, -0.2) is 0 Å². The van der Waals surface area contributed by atoms with Gasteiger partial charge in [0.1, 0.15) is 11.5 Å². The molecule has 0 spiro atoms. The number of likely N-dealkylation sites (N-methyl/N-ethyl adjacent to an activating group) is 1. The summed E-state index contributed by atoms with van der Waals surface area (Å²) in [6, 6.07) is 5.73. The van der Waals surface area contributed by atoms with E-state index in [0.717, 1.165) is 31.0 Å². The molecule has 0 aromatic carbocycles. The molecule has 0 radical (unpaired) electrons. The highest BCUT2D eigenvalue weighted by molar-refractivity contribution is 5.93. The number of nitrogens with one attached hydrogen (secondary N) is 2. The molecule has 3 rings (SSSR count). The molecule has 6 heteroatoms. The number of hydrogen-bond acceptors (Lipinski definition) is 4. The second-order valence-corrected chi connectivity index (χ2v) is 5.14. The molecule has 0 aliphatic carbocycles. The molecule has 0 saturated carbocycles. The zero-order valence-corrected chi connectivity index (χ0v) is 11.6. The van der Waals surface area contributed by atoms with Gasteiger partial charge < -0.3 is 14.6 Å². The second kappa shape index (κ2) is 5.13. The highest BCUT2D eigenvalue weighted by Gasteiger charge is 2.25. The summed E-state index contributed by atoms with van der Waals surface area (Å²) in [6.45, 7) is 3.68. The van der Waals surface area contributed by atoms with E-state index in [2.05, 4.69) is 15.5 Å². The molecule has 0 bridgehead atoms. The van der Waals surface area contributed by atoms with Crippen molar-refractivity contribution < 1.29 is 9.21 Å². The van der Waals surface area contributed by atoms with Gasteiger partial charge in [-0.1, -0.05) is 0 Å². The minimum atomic E-state index is -0.0653. The van der Waals surface area contributed by atoms with Crippen molar-refractivity contribution in [3.8, 4) is 11.5 Å². The van der Waals surface area contributed by atoms with Gasteiger partial charge in [0.15, 0.2) is 11.5 Å². The molecular formula is C14H18N4O2. The number of H-pyrrole nitrogens is 1. The van der Waals surface area contributed by atoms with Crippen LogP contribution < -0.4 is 5.32 Å². The molecule has 2 N–H and O–H groups in total. The van der Waals surface area contributed by atoms with E-state index in [1.165, 1.54) is 0 Å². The van der Waals surface area contributed by atoms with Gasteiger partial charge in [0, 0.05) is 25.7 Å². The molecule has 2 aromatic heterocycles. The number of hydrogen-bond donors (Lipinski definition) is 2. The lowest BCUT2D eigenvalue weighted by Crippen LogP contribution is -2.38. The van der Waals surface area contributed by atoms with Crippen LogP contribution in [0.4, 0.5) is 0 Å². The molecule has 3 heterocycles. The van der Waals surface area contributed by atoms with Crippen LogP contribution in [0.1, 0.15) is 22.7 Å². The topological polar surface area (TPSA) is 74.2 Å². The van der Waals surface area contributed by atoms with E-state index in [1.54, 1.807) is 11.0 Å². The van der Waals surface area contributed by atoms with Crippen molar-refractivity contribution in [2.45, 2.75) is 19.4 Å². The fourth-order valence-corrected chi connectivity index (χ4v) is 2.45. The van der Waals surface area contributed by atoms with Crippen LogP contribution in [0, 0.1) is 6.92 Å². The van der Waals surface area contributed by atoms with Crippen LogP contribution >= 0.6 is 0 Å². The average molecular weight is 274 g/mol. The van der Waals surface area contributed by atoms with Crippen LogP contribution in [0.15, 0.2) is 22.6 Å². The van der Waals surface area contributed by atoms with Gasteiger partial charge in [0.05, 0.1) is 0 Å². The van der Waals surface area contributed by atoms with Gasteiger partial charge in [0.2, 0.25) is 0 Å². The summed E-state index contributed by atoms with van der Waals surface area (Å²) in [4.78, 5) is 14.1.